The van der Waals surface area contributed by atoms with Gasteiger partial charge in [-0.25, -0.2) is 4.68 Å². The Morgan fingerprint density at radius 1 is 1.19 bits per heavy atom. The summed E-state index contributed by atoms with van der Waals surface area (Å²) in [5, 5.41) is 5.33. The van der Waals surface area contributed by atoms with Crippen LogP contribution in [0.4, 0.5) is 0 Å². The van der Waals surface area contributed by atoms with E-state index in [0.717, 1.165) is 11.2 Å². The van der Waals surface area contributed by atoms with Crippen molar-refractivity contribution in [2.24, 2.45) is 0 Å². The summed E-state index contributed by atoms with van der Waals surface area (Å²) in [4.78, 5) is 3.33. The number of rotatable bonds is 2. The largest absolute Gasteiger partial charge is 0.355 e. The van der Waals surface area contributed by atoms with Crippen molar-refractivity contribution in [3.63, 3.8) is 0 Å². The minimum atomic E-state index is 1.08. The maximum absolute atomic E-state index is 4.10. The van der Waals surface area contributed by atoms with Gasteiger partial charge in [0.1, 0.15) is 0 Å². The van der Waals surface area contributed by atoms with E-state index < -0.39 is 0 Å². The Labute approximate surface area is 93.0 Å². The average Bonchev–Trinajstić information content (AvgIpc) is 2.95. The lowest BCUT2D eigenvalue weighted by Gasteiger charge is -1.88. The Morgan fingerprint density at radius 2 is 2.12 bits per heavy atom. The fourth-order valence-electron chi connectivity index (χ4n) is 1.71. The third kappa shape index (κ3) is 1.63. The van der Waals surface area contributed by atoms with Crippen molar-refractivity contribution in [3.05, 3.63) is 54.5 Å². The number of fused-ring (bicyclic) bond motifs is 1. The number of nitrogens with one attached hydrogen (secondary N) is 1. The Balaban J connectivity index is 1.95. The van der Waals surface area contributed by atoms with Gasteiger partial charge < -0.3 is 4.98 Å². The van der Waals surface area contributed by atoms with Crippen LogP contribution in [0.3, 0.4) is 0 Å². The van der Waals surface area contributed by atoms with E-state index in [0.29, 0.717) is 0 Å². The summed E-state index contributed by atoms with van der Waals surface area (Å²) < 4.78 is 1.77. The molecule has 0 aliphatic rings. The van der Waals surface area contributed by atoms with Crippen LogP contribution in [0, 0.1) is 0 Å². The molecule has 0 aliphatic heterocycles. The molecule has 2 aromatic heterocycles. The first kappa shape index (κ1) is 8.97. The van der Waals surface area contributed by atoms with E-state index in [2.05, 4.69) is 28.3 Å². The molecule has 3 aromatic rings. The number of H-pyrrole nitrogens is 1. The van der Waals surface area contributed by atoms with Crippen molar-refractivity contribution in [1.82, 2.24) is 14.8 Å². The molecule has 0 spiro atoms. The zero-order valence-electron chi connectivity index (χ0n) is 8.67. The molecule has 16 heavy (non-hydrogen) atoms. The summed E-state index contributed by atoms with van der Waals surface area (Å²) in [6, 6.07) is 12.2. The van der Waals surface area contributed by atoms with Crippen LogP contribution in [0.25, 0.3) is 23.2 Å². The molecule has 0 saturated carbocycles. The molecule has 0 amide bonds. The molecular formula is C13H11N3. The molecule has 0 saturated heterocycles. The van der Waals surface area contributed by atoms with Gasteiger partial charge in [-0.1, -0.05) is 18.2 Å². The maximum Gasteiger partial charge on any atom is 0.0493 e. The number of aromatic amines is 1. The second-order valence-corrected chi connectivity index (χ2v) is 3.61. The van der Waals surface area contributed by atoms with E-state index >= 15 is 0 Å². The number of hydrogen-bond acceptors (Lipinski definition) is 1. The van der Waals surface area contributed by atoms with Gasteiger partial charge in [0.25, 0.3) is 0 Å². The Bertz CT molecular complexity index is 584. The lowest BCUT2D eigenvalue weighted by atomic mass is 10.2. The van der Waals surface area contributed by atoms with Gasteiger partial charge in [0.05, 0.1) is 0 Å². The first-order valence-corrected chi connectivity index (χ1v) is 5.17. The Hall–Kier alpha value is -2.29. The third-order valence-electron chi connectivity index (χ3n) is 2.48. The fraction of sp³-hybridized carbons (Fsp3) is 0. The van der Waals surface area contributed by atoms with Crippen LogP contribution in [0.15, 0.2) is 48.8 Å². The Kier molecular flexibility index (Phi) is 2.07. The lowest BCUT2D eigenvalue weighted by molar-refractivity contribution is 0.937. The average molecular weight is 209 g/mol. The van der Waals surface area contributed by atoms with Gasteiger partial charge in [0.15, 0.2) is 0 Å². The number of aromatic nitrogens is 3. The highest BCUT2D eigenvalue weighted by Gasteiger charge is 1.95. The van der Waals surface area contributed by atoms with E-state index in [4.69, 9.17) is 0 Å². The zero-order valence-corrected chi connectivity index (χ0v) is 8.67. The standard InChI is InChI=1S/C13H11N3/c1-2-5-13-11(4-1)10-12(15-13)6-9-16-8-3-7-14-16/h1-10,15H. The second kappa shape index (κ2) is 3.70. The normalized spacial score (nSPS) is 11.5. The topological polar surface area (TPSA) is 33.6 Å². The molecule has 3 rings (SSSR count). The minimum absolute atomic E-state index is 1.08. The molecule has 3 nitrogen and oxygen atoms in total. The maximum atomic E-state index is 4.10. The molecule has 0 unspecified atom stereocenters. The molecule has 78 valence electrons. The lowest BCUT2D eigenvalue weighted by Crippen LogP contribution is -1.83. The van der Waals surface area contributed by atoms with Crippen molar-refractivity contribution < 1.29 is 0 Å². The molecule has 1 aromatic carbocycles. The molecule has 0 fully saturated rings. The zero-order chi connectivity index (χ0) is 10.8. The first-order chi connectivity index (χ1) is 7.92. The third-order valence-corrected chi connectivity index (χ3v) is 2.48. The highest BCUT2D eigenvalue weighted by atomic mass is 15.2. The predicted molar refractivity (Wildman–Crippen MR) is 65.7 cm³/mol. The highest BCUT2D eigenvalue weighted by molar-refractivity contribution is 5.83. The number of para-hydroxylation sites is 1. The molecule has 2 heterocycles. The summed E-state index contributed by atoms with van der Waals surface area (Å²) >= 11 is 0. The SMILES string of the molecule is C(=Cn1cccn1)c1cc2ccccc2[nH]1. The quantitative estimate of drug-likeness (QED) is 0.691. The van der Waals surface area contributed by atoms with Crippen LogP contribution < -0.4 is 0 Å². The molecular weight excluding hydrogens is 198 g/mol. The minimum Gasteiger partial charge on any atom is -0.355 e. The van der Waals surface area contributed by atoms with Crippen LogP contribution in [0.1, 0.15) is 5.69 Å². The van der Waals surface area contributed by atoms with Gasteiger partial charge in [-0.15, -0.1) is 0 Å². The van der Waals surface area contributed by atoms with Gasteiger partial charge in [0, 0.05) is 29.8 Å². The van der Waals surface area contributed by atoms with Gasteiger partial charge in [-0.3, -0.25) is 0 Å². The van der Waals surface area contributed by atoms with E-state index in [-0.39, 0.29) is 0 Å². The van der Waals surface area contributed by atoms with E-state index in [1.54, 1.807) is 10.9 Å². The monoisotopic (exact) mass is 209 g/mol. The van der Waals surface area contributed by atoms with Crippen LogP contribution >= 0.6 is 0 Å². The van der Waals surface area contributed by atoms with Gasteiger partial charge in [-0.2, -0.15) is 5.10 Å². The van der Waals surface area contributed by atoms with Crippen LogP contribution in [-0.4, -0.2) is 14.8 Å². The molecule has 1 N–H and O–H groups in total. The van der Waals surface area contributed by atoms with Crippen LogP contribution in [-0.2, 0) is 0 Å². The predicted octanol–water partition coefficient (Wildman–Crippen LogP) is 2.99. The van der Waals surface area contributed by atoms with Crippen molar-refractivity contribution >= 4 is 23.2 Å². The van der Waals surface area contributed by atoms with E-state index in [1.807, 2.05) is 36.7 Å². The van der Waals surface area contributed by atoms with E-state index in [1.165, 1.54) is 5.39 Å². The Morgan fingerprint density at radius 3 is 2.94 bits per heavy atom. The summed E-state index contributed by atoms with van der Waals surface area (Å²) in [6.07, 6.45) is 7.59. The number of benzene rings is 1. The molecule has 0 atom stereocenters. The van der Waals surface area contributed by atoms with E-state index in [9.17, 15) is 0 Å². The molecule has 0 aliphatic carbocycles. The van der Waals surface area contributed by atoms with Gasteiger partial charge >= 0.3 is 0 Å². The smallest absolute Gasteiger partial charge is 0.0493 e. The van der Waals surface area contributed by atoms with Crippen molar-refractivity contribution in [3.8, 4) is 0 Å². The van der Waals surface area contributed by atoms with Crippen LogP contribution in [0.5, 0.6) is 0 Å². The molecule has 0 radical (unpaired) electrons. The van der Waals surface area contributed by atoms with Crippen LogP contribution in [0.2, 0.25) is 0 Å². The highest BCUT2D eigenvalue weighted by Crippen LogP contribution is 2.15. The molecule has 0 bridgehead atoms. The van der Waals surface area contributed by atoms with Gasteiger partial charge in [-0.05, 0) is 29.7 Å². The first-order valence-electron chi connectivity index (χ1n) is 5.17. The second-order valence-electron chi connectivity index (χ2n) is 3.61. The number of hydrogen-bond donors (Lipinski definition) is 1. The summed E-state index contributed by atoms with van der Waals surface area (Å²) in [6.45, 7) is 0. The van der Waals surface area contributed by atoms with Gasteiger partial charge in [0.2, 0.25) is 0 Å². The molecule has 3 heteroatoms. The van der Waals surface area contributed by atoms with Crippen molar-refractivity contribution in [2.75, 3.05) is 0 Å². The van der Waals surface area contributed by atoms with Crippen molar-refractivity contribution in [2.45, 2.75) is 0 Å². The summed E-state index contributed by atoms with van der Waals surface area (Å²) in [5.74, 6) is 0. The number of nitrogens with zero attached hydrogens (tertiary/aromatic N) is 2. The fourth-order valence-corrected chi connectivity index (χ4v) is 1.71. The summed E-state index contributed by atoms with van der Waals surface area (Å²) in [5.41, 5.74) is 2.24. The van der Waals surface area contributed by atoms with Crippen molar-refractivity contribution in [1.29, 1.82) is 0 Å². The summed E-state index contributed by atoms with van der Waals surface area (Å²) in [7, 11) is 0.